The number of hydrogen-bond acceptors (Lipinski definition) is 4. The number of ether oxygens (including phenoxy) is 1. The maximum atomic E-state index is 10.8. The molecule has 4 nitrogen and oxygen atoms in total. The van der Waals surface area contributed by atoms with E-state index >= 15 is 0 Å². The van der Waals surface area contributed by atoms with Crippen molar-refractivity contribution in [3.63, 3.8) is 0 Å². The lowest BCUT2D eigenvalue weighted by atomic mass is 10.3. The summed E-state index contributed by atoms with van der Waals surface area (Å²) in [6, 6.07) is 0. The van der Waals surface area contributed by atoms with Gasteiger partial charge in [-0.25, -0.2) is 0 Å². The summed E-state index contributed by atoms with van der Waals surface area (Å²) in [5.41, 5.74) is 0. The van der Waals surface area contributed by atoms with Crippen LogP contribution in [-0.4, -0.2) is 18.5 Å². The predicted molar refractivity (Wildman–Crippen MR) is 39.0 cm³/mol. The van der Waals surface area contributed by atoms with E-state index in [-0.39, 0.29) is 5.97 Å². The maximum absolute atomic E-state index is 10.8. The second-order valence-electron chi connectivity index (χ2n) is 2.29. The van der Waals surface area contributed by atoms with Crippen molar-refractivity contribution in [1.29, 1.82) is 0 Å². The summed E-state index contributed by atoms with van der Waals surface area (Å²) in [6.45, 7) is 2.45. The quantitative estimate of drug-likeness (QED) is 0.563. The van der Waals surface area contributed by atoms with E-state index in [0.29, 0.717) is 25.3 Å². The topological polar surface area (TPSA) is 47.9 Å². The standard InChI is InChI=1S/C7H11NO3/c1-2-3-7(9)11-6-4-5-10-8-6/h2-5H2,1H3. The highest BCUT2D eigenvalue weighted by molar-refractivity contribution is 5.88. The molecule has 0 aromatic rings. The number of rotatable bonds is 2. The Morgan fingerprint density at radius 2 is 2.64 bits per heavy atom. The summed E-state index contributed by atoms with van der Waals surface area (Å²) in [4.78, 5) is 15.5. The summed E-state index contributed by atoms with van der Waals surface area (Å²) in [7, 11) is 0. The third kappa shape index (κ3) is 2.57. The van der Waals surface area contributed by atoms with Crippen molar-refractivity contribution in [3.05, 3.63) is 0 Å². The summed E-state index contributed by atoms with van der Waals surface area (Å²) in [6.07, 6.45) is 1.85. The van der Waals surface area contributed by atoms with E-state index in [0.717, 1.165) is 6.42 Å². The molecular formula is C7H11NO3. The van der Waals surface area contributed by atoms with E-state index in [4.69, 9.17) is 4.74 Å². The zero-order valence-corrected chi connectivity index (χ0v) is 6.50. The molecular weight excluding hydrogens is 146 g/mol. The molecule has 0 saturated heterocycles. The van der Waals surface area contributed by atoms with Crippen molar-refractivity contribution in [2.24, 2.45) is 5.16 Å². The molecule has 0 spiro atoms. The monoisotopic (exact) mass is 157 g/mol. The largest absolute Gasteiger partial charge is 0.408 e. The Bertz CT molecular complexity index is 177. The van der Waals surface area contributed by atoms with Gasteiger partial charge in [0, 0.05) is 6.42 Å². The average Bonchev–Trinajstić information content (AvgIpc) is 2.40. The van der Waals surface area contributed by atoms with Gasteiger partial charge in [-0.3, -0.25) is 4.79 Å². The van der Waals surface area contributed by atoms with Crippen LogP contribution in [-0.2, 0) is 14.4 Å². The molecule has 0 bridgehead atoms. The smallest absolute Gasteiger partial charge is 0.312 e. The molecule has 1 aliphatic rings. The number of nitrogens with zero attached hydrogens (tertiary/aromatic N) is 1. The number of carbonyl (C=O) groups is 1. The minimum absolute atomic E-state index is 0.225. The molecule has 0 aromatic heterocycles. The van der Waals surface area contributed by atoms with Gasteiger partial charge in [-0.2, -0.15) is 0 Å². The van der Waals surface area contributed by atoms with Gasteiger partial charge in [0.1, 0.15) is 6.61 Å². The summed E-state index contributed by atoms with van der Waals surface area (Å²) in [5.74, 6) is 0.181. The molecule has 0 N–H and O–H groups in total. The first kappa shape index (κ1) is 8.04. The molecule has 0 radical (unpaired) electrons. The van der Waals surface area contributed by atoms with E-state index in [2.05, 4.69) is 9.99 Å². The van der Waals surface area contributed by atoms with Crippen molar-refractivity contribution in [2.45, 2.75) is 26.2 Å². The van der Waals surface area contributed by atoms with Crippen molar-refractivity contribution >= 4 is 11.9 Å². The molecule has 1 heterocycles. The normalized spacial score (nSPS) is 15.5. The van der Waals surface area contributed by atoms with Crippen LogP contribution in [0.25, 0.3) is 0 Å². The highest BCUT2D eigenvalue weighted by Gasteiger charge is 2.12. The van der Waals surface area contributed by atoms with Crippen LogP contribution < -0.4 is 0 Å². The minimum Gasteiger partial charge on any atom is -0.408 e. The molecule has 0 aliphatic carbocycles. The van der Waals surface area contributed by atoms with Gasteiger partial charge in [-0.05, 0) is 6.42 Å². The van der Waals surface area contributed by atoms with Crippen molar-refractivity contribution in [2.75, 3.05) is 6.61 Å². The SMILES string of the molecule is CCCC(=O)OC1=NOCC1. The molecule has 0 unspecified atom stereocenters. The molecule has 4 heteroatoms. The lowest BCUT2D eigenvalue weighted by molar-refractivity contribution is -0.135. The van der Waals surface area contributed by atoms with Crippen LogP contribution in [0.1, 0.15) is 26.2 Å². The number of oxime groups is 1. The molecule has 1 rings (SSSR count). The lowest BCUT2D eigenvalue weighted by Crippen LogP contribution is -2.09. The van der Waals surface area contributed by atoms with E-state index in [1.165, 1.54) is 0 Å². The Labute approximate surface area is 65.2 Å². The second-order valence-corrected chi connectivity index (χ2v) is 2.29. The van der Waals surface area contributed by atoms with Crippen molar-refractivity contribution in [3.8, 4) is 0 Å². The van der Waals surface area contributed by atoms with Crippen LogP contribution in [0.15, 0.2) is 5.16 Å². The Balaban J connectivity index is 2.24. The van der Waals surface area contributed by atoms with Crippen LogP contribution in [0, 0.1) is 0 Å². The van der Waals surface area contributed by atoms with Crippen molar-refractivity contribution < 1.29 is 14.4 Å². The molecule has 0 amide bonds. The van der Waals surface area contributed by atoms with E-state index in [1.54, 1.807) is 0 Å². The van der Waals surface area contributed by atoms with Crippen LogP contribution in [0.2, 0.25) is 0 Å². The molecule has 0 atom stereocenters. The third-order valence-corrected chi connectivity index (χ3v) is 1.26. The Morgan fingerprint density at radius 1 is 1.82 bits per heavy atom. The van der Waals surface area contributed by atoms with Gasteiger partial charge in [0.15, 0.2) is 0 Å². The van der Waals surface area contributed by atoms with Crippen LogP contribution in [0.4, 0.5) is 0 Å². The van der Waals surface area contributed by atoms with Gasteiger partial charge in [-0.1, -0.05) is 12.1 Å². The van der Waals surface area contributed by atoms with Gasteiger partial charge in [0.05, 0.1) is 6.42 Å². The van der Waals surface area contributed by atoms with Gasteiger partial charge in [-0.15, -0.1) is 0 Å². The second kappa shape index (κ2) is 3.95. The summed E-state index contributed by atoms with van der Waals surface area (Å²) in [5, 5.41) is 3.53. The van der Waals surface area contributed by atoms with Crippen LogP contribution in [0.3, 0.4) is 0 Å². The first-order valence-electron chi connectivity index (χ1n) is 3.72. The fourth-order valence-corrected chi connectivity index (χ4v) is 0.752. The fraction of sp³-hybridized carbons (Fsp3) is 0.714. The van der Waals surface area contributed by atoms with E-state index in [1.807, 2.05) is 6.92 Å². The molecule has 62 valence electrons. The maximum Gasteiger partial charge on any atom is 0.312 e. The van der Waals surface area contributed by atoms with Gasteiger partial charge < -0.3 is 9.57 Å². The van der Waals surface area contributed by atoms with Crippen molar-refractivity contribution in [1.82, 2.24) is 0 Å². The summed E-state index contributed by atoms with van der Waals surface area (Å²) >= 11 is 0. The fourth-order valence-electron chi connectivity index (χ4n) is 0.752. The molecule has 0 aromatic carbocycles. The Morgan fingerprint density at radius 3 is 3.18 bits per heavy atom. The average molecular weight is 157 g/mol. The highest BCUT2D eigenvalue weighted by atomic mass is 16.7. The van der Waals surface area contributed by atoms with Gasteiger partial charge >= 0.3 is 5.97 Å². The van der Waals surface area contributed by atoms with Crippen LogP contribution >= 0.6 is 0 Å². The molecule has 0 fully saturated rings. The van der Waals surface area contributed by atoms with Gasteiger partial charge in [0.2, 0.25) is 5.90 Å². The zero-order valence-electron chi connectivity index (χ0n) is 6.50. The zero-order chi connectivity index (χ0) is 8.10. The van der Waals surface area contributed by atoms with E-state index in [9.17, 15) is 4.79 Å². The molecule has 0 saturated carbocycles. The lowest BCUT2D eigenvalue weighted by Gasteiger charge is -1.98. The number of carbonyl (C=O) groups excluding carboxylic acids is 1. The van der Waals surface area contributed by atoms with Gasteiger partial charge in [0.25, 0.3) is 0 Å². The number of hydrogen-bond donors (Lipinski definition) is 0. The molecule has 11 heavy (non-hydrogen) atoms. The van der Waals surface area contributed by atoms with E-state index < -0.39 is 0 Å². The minimum atomic E-state index is -0.225. The van der Waals surface area contributed by atoms with Crippen LogP contribution in [0.5, 0.6) is 0 Å². The third-order valence-electron chi connectivity index (χ3n) is 1.26. The first-order chi connectivity index (χ1) is 5.33. The first-order valence-corrected chi connectivity index (χ1v) is 3.72. The predicted octanol–water partition coefficient (Wildman–Crippen LogP) is 1.06. The highest BCUT2D eigenvalue weighted by Crippen LogP contribution is 2.03. The number of esters is 1. The Hall–Kier alpha value is -1.06. The summed E-state index contributed by atoms with van der Waals surface area (Å²) < 4.78 is 4.84. The Kier molecular flexibility index (Phi) is 2.89. The molecule has 1 aliphatic heterocycles.